The molecule has 14 heavy (non-hydrogen) atoms. The molecule has 0 fully saturated rings. The molecule has 1 amide bonds. The number of carbonyl (C=O) groups is 1. The molecular weight excluding hydrogens is 174 g/mol. The number of amides is 1. The van der Waals surface area contributed by atoms with Gasteiger partial charge in [0, 0.05) is 5.56 Å². The molecule has 0 radical (unpaired) electrons. The van der Waals surface area contributed by atoms with E-state index in [0.717, 1.165) is 5.56 Å². The number of aryl methyl sites for hydroxylation is 2. The van der Waals surface area contributed by atoms with Crippen LogP contribution >= 0.6 is 0 Å². The van der Waals surface area contributed by atoms with Gasteiger partial charge >= 0.3 is 0 Å². The molecule has 0 saturated carbocycles. The summed E-state index contributed by atoms with van der Waals surface area (Å²) in [6, 6.07) is 6.06. The summed E-state index contributed by atoms with van der Waals surface area (Å²) < 4.78 is 0. The number of rotatable bonds is 1. The molecule has 72 valence electrons. The predicted octanol–water partition coefficient (Wildman–Crippen LogP) is 1.53. The minimum absolute atomic E-state index is 0.118. The van der Waals surface area contributed by atoms with Gasteiger partial charge in [-0.1, -0.05) is 17.9 Å². The maximum absolute atomic E-state index is 10.4. The van der Waals surface area contributed by atoms with Gasteiger partial charge in [-0.05, 0) is 37.1 Å². The lowest BCUT2D eigenvalue weighted by Gasteiger charge is -1.97. The summed E-state index contributed by atoms with van der Waals surface area (Å²) in [4.78, 5) is 10.4. The van der Waals surface area contributed by atoms with Gasteiger partial charge in [-0.15, -0.1) is 0 Å². The van der Waals surface area contributed by atoms with Crippen LogP contribution in [0.1, 0.15) is 23.1 Å². The van der Waals surface area contributed by atoms with E-state index < -0.39 is 0 Å². The van der Waals surface area contributed by atoms with E-state index in [1.54, 1.807) is 0 Å². The van der Waals surface area contributed by atoms with Gasteiger partial charge < -0.3 is 5.73 Å². The van der Waals surface area contributed by atoms with Gasteiger partial charge in [-0.2, -0.15) is 0 Å². The van der Waals surface area contributed by atoms with E-state index >= 15 is 0 Å². The molecule has 0 saturated heterocycles. The normalized spacial score (nSPS) is 9.00. The van der Waals surface area contributed by atoms with E-state index in [1.807, 2.05) is 26.0 Å². The number of nitrogens with two attached hydrogens (primary N) is 1. The number of benzene rings is 1. The van der Waals surface area contributed by atoms with Gasteiger partial charge in [0.1, 0.15) is 0 Å². The van der Waals surface area contributed by atoms with Crippen LogP contribution in [0.15, 0.2) is 18.2 Å². The Bertz CT molecular complexity index is 390. The van der Waals surface area contributed by atoms with Crippen molar-refractivity contribution in [2.45, 2.75) is 20.3 Å². The third-order valence-corrected chi connectivity index (χ3v) is 1.72. The van der Waals surface area contributed by atoms with Crippen LogP contribution in [0.3, 0.4) is 0 Å². The fourth-order valence-electron chi connectivity index (χ4n) is 1.28. The lowest BCUT2D eigenvalue weighted by molar-refractivity contribution is -0.117. The molecule has 0 heterocycles. The highest BCUT2D eigenvalue weighted by atomic mass is 16.1. The first-order chi connectivity index (χ1) is 6.58. The lowest BCUT2D eigenvalue weighted by Crippen LogP contribution is -2.08. The third-order valence-electron chi connectivity index (χ3n) is 1.72. The van der Waals surface area contributed by atoms with E-state index in [2.05, 4.69) is 17.9 Å². The number of primary amides is 1. The van der Waals surface area contributed by atoms with Crippen molar-refractivity contribution in [1.82, 2.24) is 0 Å². The van der Waals surface area contributed by atoms with E-state index in [0.29, 0.717) is 0 Å². The Morgan fingerprint density at radius 3 is 2.36 bits per heavy atom. The summed E-state index contributed by atoms with van der Waals surface area (Å²) in [5.74, 6) is 5.25. The molecule has 0 bridgehead atoms. The van der Waals surface area contributed by atoms with Crippen LogP contribution in [0.5, 0.6) is 0 Å². The zero-order chi connectivity index (χ0) is 10.6. The summed E-state index contributed by atoms with van der Waals surface area (Å²) in [5.41, 5.74) is 8.26. The molecule has 0 aromatic heterocycles. The highest BCUT2D eigenvalue weighted by molar-refractivity contribution is 5.76. The first-order valence-electron chi connectivity index (χ1n) is 4.43. The second kappa shape index (κ2) is 4.48. The number of carbonyl (C=O) groups excluding carboxylic acids is 1. The Morgan fingerprint density at radius 2 is 1.86 bits per heavy atom. The van der Waals surface area contributed by atoms with E-state index in [-0.39, 0.29) is 12.3 Å². The SMILES string of the molecule is Cc1cc(C)cc(C#CCC(N)=O)c1. The summed E-state index contributed by atoms with van der Waals surface area (Å²) in [6.07, 6.45) is 0.118. The summed E-state index contributed by atoms with van der Waals surface area (Å²) in [6.45, 7) is 4.04. The zero-order valence-electron chi connectivity index (χ0n) is 8.42. The highest BCUT2D eigenvalue weighted by Gasteiger charge is 1.92. The van der Waals surface area contributed by atoms with Crippen molar-refractivity contribution < 1.29 is 4.79 Å². The Morgan fingerprint density at radius 1 is 1.29 bits per heavy atom. The molecule has 0 aliphatic rings. The third kappa shape index (κ3) is 3.32. The summed E-state index contributed by atoms with van der Waals surface area (Å²) >= 11 is 0. The fourth-order valence-corrected chi connectivity index (χ4v) is 1.28. The van der Waals surface area contributed by atoms with Crippen molar-refractivity contribution in [3.8, 4) is 11.8 Å². The molecule has 2 N–H and O–H groups in total. The second-order valence-electron chi connectivity index (χ2n) is 3.32. The Kier molecular flexibility index (Phi) is 3.30. The molecule has 0 spiro atoms. The van der Waals surface area contributed by atoms with Crippen LogP contribution in [-0.2, 0) is 4.79 Å². The topological polar surface area (TPSA) is 43.1 Å². The predicted molar refractivity (Wildman–Crippen MR) is 56.6 cm³/mol. The Balaban J connectivity index is 2.84. The van der Waals surface area contributed by atoms with Gasteiger partial charge in [0.2, 0.25) is 5.91 Å². The average Bonchev–Trinajstić information content (AvgIpc) is 2.01. The largest absolute Gasteiger partial charge is 0.369 e. The average molecular weight is 187 g/mol. The van der Waals surface area contributed by atoms with Crippen LogP contribution in [0.4, 0.5) is 0 Å². The van der Waals surface area contributed by atoms with Gasteiger partial charge in [0.05, 0.1) is 6.42 Å². The molecule has 2 nitrogen and oxygen atoms in total. The Labute approximate surface area is 84.1 Å². The van der Waals surface area contributed by atoms with Gasteiger partial charge in [0.15, 0.2) is 0 Å². The van der Waals surface area contributed by atoms with Gasteiger partial charge in [-0.3, -0.25) is 4.79 Å². The quantitative estimate of drug-likeness (QED) is 0.666. The molecular formula is C12H13NO. The van der Waals surface area contributed by atoms with Crippen LogP contribution in [-0.4, -0.2) is 5.91 Å². The van der Waals surface area contributed by atoms with Crippen molar-refractivity contribution >= 4 is 5.91 Å². The molecule has 1 aromatic carbocycles. The summed E-state index contributed by atoms with van der Waals surface area (Å²) in [7, 11) is 0. The van der Waals surface area contributed by atoms with Crippen LogP contribution in [0.25, 0.3) is 0 Å². The second-order valence-corrected chi connectivity index (χ2v) is 3.32. The lowest BCUT2D eigenvalue weighted by atomic mass is 10.1. The zero-order valence-corrected chi connectivity index (χ0v) is 8.42. The molecule has 0 unspecified atom stereocenters. The highest BCUT2D eigenvalue weighted by Crippen LogP contribution is 2.07. The van der Waals surface area contributed by atoms with Gasteiger partial charge in [0.25, 0.3) is 0 Å². The minimum atomic E-state index is -0.387. The first-order valence-corrected chi connectivity index (χ1v) is 4.43. The van der Waals surface area contributed by atoms with Crippen molar-refractivity contribution in [2.24, 2.45) is 5.73 Å². The maximum atomic E-state index is 10.4. The number of hydrogen-bond donors (Lipinski definition) is 1. The molecule has 1 rings (SSSR count). The van der Waals surface area contributed by atoms with E-state index in [1.165, 1.54) is 11.1 Å². The Hall–Kier alpha value is -1.75. The molecule has 0 aliphatic carbocycles. The van der Waals surface area contributed by atoms with Crippen LogP contribution in [0.2, 0.25) is 0 Å². The molecule has 0 atom stereocenters. The monoisotopic (exact) mass is 187 g/mol. The standard InChI is InChI=1S/C12H13NO/c1-9-6-10(2)8-11(7-9)4-3-5-12(13)14/h6-8H,5H2,1-2H3,(H2,13,14). The van der Waals surface area contributed by atoms with Crippen molar-refractivity contribution in [1.29, 1.82) is 0 Å². The molecule has 1 aromatic rings. The fraction of sp³-hybridized carbons (Fsp3) is 0.250. The van der Waals surface area contributed by atoms with Gasteiger partial charge in [-0.25, -0.2) is 0 Å². The van der Waals surface area contributed by atoms with E-state index in [9.17, 15) is 4.79 Å². The van der Waals surface area contributed by atoms with Crippen LogP contribution in [0, 0.1) is 25.7 Å². The minimum Gasteiger partial charge on any atom is -0.369 e. The summed E-state index contributed by atoms with van der Waals surface area (Å²) in [5, 5.41) is 0. The maximum Gasteiger partial charge on any atom is 0.229 e. The van der Waals surface area contributed by atoms with Crippen molar-refractivity contribution in [3.63, 3.8) is 0 Å². The molecule has 0 aliphatic heterocycles. The number of hydrogen-bond acceptors (Lipinski definition) is 1. The van der Waals surface area contributed by atoms with Crippen molar-refractivity contribution in [3.05, 3.63) is 34.9 Å². The van der Waals surface area contributed by atoms with Crippen LogP contribution < -0.4 is 5.73 Å². The first kappa shape index (κ1) is 10.3. The molecule has 2 heteroatoms. The van der Waals surface area contributed by atoms with Crippen molar-refractivity contribution in [2.75, 3.05) is 0 Å². The smallest absolute Gasteiger partial charge is 0.229 e. The van der Waals surface area contributed by atoms with E-state index in [4.69, 9.17) is 5.73 Å².